The van der Waals surface area contributed by atoms with Crippen LogP contribution in [0.5, 0.6) is 0 Å². The molecule has 2 aromatic heterocycles. The normalized spacial score (nSPS) is 14.7. The number of aryl methyl sites for hydroxylation is 2. The summed E-state index contributed by atoms with van der Waals surface area (Å²) in [4.78, 5) is 9.21. The van der Waals surface area contributed by atoms with Gasteiger partial charge in [0.15, 0.2) is 5.82 Å². The average Bonchev–Trinajstić information content (AvgIpc) is 2.76. The summed E-state index contributed by atoms with van der Waals surface area (Å²) in [7, 11) is 1.90. The molecule has 0 amide bonds. The van der Waals surface area contributed by atoms with Gasteiger partial charge in [-0.3, -0.25) is 4.68 Å². The first-order chi connectivity index (χ1) is 8.24. The van der Waals surface area contributed by atoms with Gasteiger partial charge in [-0.15, -0.1) is 0 Å². The van der Waals surface area contributed by atoms with Crippen molar-refractivity contribution in [2.45, 2.75) is 19.9 Å². The Bertz CT molecular complexity index is 558. The van der Waals surface area contributed by atoms with E-state index in [9.17, 15) is 0 Å². The standard InChI is InChI=1S/C12H15N5/c1-8-10-3-4-13-6-11(10)16-12(15-8)9-5-14-17(2)7-9/h5,7,13H,3-4,6H2,1-2H3. The highest BCUT2D eigenvalue weighted by atomic mass is 15.2. The Morgan fingerprint density at radius 2 is 2.24 bits per heavy atom. The molecule has 1 N–H and O–H groups in total. The van der Waals surface area contributed by atoms with Gasteiger partial charge in [0.25, 0.3) is 0 Å². The molecule has 2 aromatic rings. The molecule has 0 aliphatic carbocycles. The van der Waals surface area contributed by atoms with Crippen LogP contribution in [-0.2, 0) is 20.0 Å². The molecule has 17 heavy (non-hydrogen) atoms. The van der Waals surface area contributed by atoms with E-state index in [0.717, 1.165) is 42.3 Å². The number of fused-ring (bicyclic) bond motifs is 1. The highest BCUT2D eigenvalue weighted by molar-refractivity contribution is 5.53. The summed E-state index contributed by atoms with van der Waals surface area (Å²) in [6.07, 6.45) is 4.77. The monoisotopic (exact) mass is 229 g/mol. The summed E-state index contributed by atoms with van der Waals surface area (Å²) < 4.78 is 1.77. The number of hydrogen-bond donors (Lipinski definition) is 1. The molecule has 1 aliphatic heterocycles. The number of rotatable bonds is 1. The van der Waals surface area contributed by atoms with Crippen LogP contribution in [0.25, 0.3) is 11.4 Å². The zero-order valence-electron chi connectivity index (χ0n) is 10.1. The van der Waals surface area contributed by atoms with E-state index in [1.807, 2.05) is 13.2 Å². The lowest BCUT2D eigenvalue weighted by Gasteiger charge is -2.18. The third kappa shape index (κ3) is 1.82. The van der Waals surface area contributed by atoms with E-state index in [1.54, 1.807) is 10.9 Å². The Balaban J connectivity index is 2.10. The van der Waals surface area contributed by atoms with Crippen LogP contribution in [0.15, 0.2) is 12.4 Å². The summed E-state index contributed by atoms with van der Waals surface area (Å²) in [6.45, 7) is 3.92. The predicted octanol–water partition coefficient (Wildman–Crippen LogP) is 0.831. The fraction of sp³-hybridized carbons (Fsp3) is 0.417. The molecule has 3 rings (SSSR count). The van der Waals surface area contributed by atoms with Crippen LogP contribution in [0.3, 0.4) is 0 Å². The van der Waals surface area contributed by atoms with Gasteiger partial charge in [0, 0.05) is 25.5 Å². The molecule has 0 aromatic carbocycles. The van der Waals surface area contributed by atoms with Gasteiger partial charge in [0.2, 0.25) is 0 Å². The van der Waals surface area contributed by atoms with E-state index >= 15 is 0 Å². The van der Waals surface area contributed by atoms with Crippen molar-refractivity contribution in [3.05, 3.63) is 29.3 Å². The zero-order valence-corrected chi connectivity index (χ0v) is 10.1. The third-order valence-corrected chi connectivity index (χ3v) is 3.11. The number of nitrogens with one attached hydrogen (secondary N) is 1. The minimum absolute atomic E-state index is 0.776. The van der Waals surface area contributed by atoms with Crippen molar-refractivity contribution < 1.29 is 0 Å². The van der Waals surface area contributed by atoms with E-state index in [-0.39, 0.29) is 0 Å². The highest BCUT2D eigenvalue weighted by Gasteiger charge is 2.16. The fourth-order valence-electron chi connectivity index (χ4n) is 2.21. The maximum atomic E-state index is 4.63. The summed E-state index contributed by atoms with van der Waals surface area (Å²) in [5, 5.41) is 7.50. The Labute approximate surface area is 99.9 Å². The molecule has 5 heteroatoms. The summed E-state index contributed by atoms with van der Waals surface area (Å²) in [5.74, 6) is 0.776. The second-order valence-electron chi connectivity index (χ2n) is 4.39. The minimum atomic E-state index is 0.776. The van der Waals surface area contributed by atoms with Gasteiger partial charge in [0.1, 0.15) is 0 Å². The minimum Gasteiger partial charge on any atom is -0.311 e. The summed E-state index contributed by atoms with van der Waals surface area (Å²) in [5.41, 5.74) is 4.50. The predicted molar refractivity (Wildman–Crippen MR) is 64.4 cm³/mol. The van der Waals surface area contributed by atoms with Crippen LogP contribution >= 0.6 is 0 Å². The highest BCUT2D eigenvalue weighted by Crippen LogP contribution is 2.20. The van der Waals surface area contributed by atoms with Crippen LogP contribution in [0, 0.1) is 6.92 Å². The lowest BCUT2D eigenvalue weighted by Crippen LogP contribution is -2.26. The zero-order chi connectivity index (χ0) is 11.8. The lowest BCUT2D eigenvalue weighted by atomic mass is 10.0. The van der Waals surface area contributed by atoms with Gasteiger partial charge in [-0.05, 0) is 25.5 Å². The van der Waals surface area contributed by atoms with E-state index in [0.29, 0.717) is 0 Å². The molecule has 0 unspecified atom stereocenters. The molecule has 0 radical (unpaired) electrons. The SMILES string of the molecule is Cc1nc(-c2cnn(C)c2)nc2c1CCNC2. The Morgan fingerprint density at radius 1 is 1.35 bits per heavy atom. The van der Waals surface area contributed by atoms with Gasteiger partial charge in [0.05, 0.1) is 17.5 Å². The molecule has 1 aliphatic rings. The number of nitrogens with zero attached hydrogens (tertiary/aromatic N) is 4. The fourth-order valence-corrected chi connectivity index (χ4v) is 2.21. The smallest absolute Gasteiger partial charge is 0.162 e. The van der Waals surface area contributed by atoms with Crippen molar-refractivity contribution in [2.24, 2.45) is 7.05 Å². The van der Waals surface area contributed by atoms with Gasteiger partial charge in [-0.2, -0.15) is 5.10 Å². The van der Waals surface area contributed by atoms with E-state index < -0.39 is 0 Å². The van der Waals surface area contributed by atoms with E-state index in [1.165, 1.54) is 5.56 Å². The van der Waals surface area contributed by atoms with Gasteiger partial charge >= 0.3 is 0 Å². The molecule has 0 saturated carbocycles. The van der Waals surface area contributed by atoms with Gasteiger partial charge < -0.3 is 5.32 Å². The first-order valence-electron chi connectivity index (χ1n) is 5.80. The Kier molecular flexibility index (Phi) is 2.40. The molecule has 5 nitrogen and oxygen atoms in total. The molecule has 88 valence electrons. The second kappa shape index (κ2) is 3.92. The molecule has 0 spiro atoms. The van der Waals surface area contributed by atoms with Crippen LogP contribution in [0.4, 0.5) is 0 Å². The van der Waals surface area contributed by atoms with Crippen molar-refractivity contribution in [1.82, 2.24) is 25.1 Å². The van der Waals surface area contributed by atoms with Gasteiger partial charge in [-0.25, -0.2) is 9.97 Å². The molecule has 0 bridgehead atoms. The molecular formula is C12H15N5. The first kappa shape index (κ1) is 10.4. The maximum absolute atomic E-state index is 4.63. The number of hydrogen-bond acceptors (Lipinski definition) is 4. The maximum Gasteiger partial charge on any atom is 0.162 e. The van der Waals surface area contributed by atoms with Crippen molar-refractivity contribution in [3.63, 3.8) is 0 Å². The summed E-state index contributed by atoms with van der Waals surface area (Å²) in [6, 6.07) is 0. The van der Waals surface area contributed by atoms with Crippen molar-refractivity contribution in [3.8, 4) is 11.4 Å². The van der Waals surface area contributed by atoms with E-state index in [4.69, 9.17) is 0 Å². The lowest BCUT2D eigenvalue weighted by molar-refractivity contribution is 0.620. The van der Waals surface area contributed by atoms with Crippen molar-refractivity contribution >= 4 is 0 Å². The molecule has 3 heterocycles. The largest absolute Gasteiger partial charge is 0.311 e. The molecule has 0 fully saturated rings. The van der Waals surface area contributed by atoms with Crippen molar-refractivity contribution in [1.29, 1.82) is 0 Å². The average molecular weight is 229 g/mol. The van der Waals surface area contributed by atoms with Crippen LogP contribution < -0.4 is 5.32 Å². The summed E-state index contributed by atoms with van der Waals surface area (Å²) >= 11 is 0. The Hall–Kier alpha value is -1.75. The topological polar surface area (TPSA) is 55.6 Å². The van der Waals surface area contributed by atoms with Crippen molar-refractivity contribution in [2.75, 3.05) is 6.54 Å². The first-order valence-corrected chi connectivity index (χ1v) is 5.80. The van der Waals surface area contributed by atoms with Crippen LogP contribution in [-0.4, -0.2) is 26.3 Å². The van der Waals surface area contributed by atoms with Crippen LogP contribution in [0.2, 0.25) is 0 Å². The molecule has 0 saturated heterocycles. The van der Waals surface area contributed by atoms with E-state index in [2.05, 4.69) is 27.3 Å². The molecular weight excluding hydrogens is 214 g/mol. The Morgan fingerprint density at radius 3 is 3.00 bits per heavy atom. The number of aromatic nitrogens is 4. The quantitative estimate of drug-likeness (QED) is 0.787. The van der Waals surface area contributed by atoms with Crippen LogP contribution in [0.1, 0.15) is 17.0 Å². The third-order valence-electron chi connectivity index (χ3n) is 3.11. The second-order valence-corrected chi connectivity index (χ2v) is 4.39. The molecule has 0 atom stereocenters. The van der Waals surface area contributed by atoms with Gasteiger partial charge in [-0.1, -0.05) is 0 Å².